The summed E-state index contributed by atoms with van der Waals surface area (Å²) in [5.74, 6) is -0.925. The predicted octanol–water partition coefficient (Wildman–Crippen LogP) is 3.95. The number of nitrogens with one attached hydrogen (secondary N) is 1. The fourth-order valence-corrected chi connectivity index (χ4v) is 3.00. The number of nitrogens with two attached hydrogens (primary N) is 1. The minimum atomic E-state index is -3.60. The molecule has 0 saturated carbocycles. The van der Waals surface area contributed by atoms with Crippen LogP contribution >= 0.6 is 11.6 Å². The van der Waals surface area contributed by atoms with Gasteiger partial charge in [-0.1, -0.05) is 38.2 Å². The fraction of sp³-hybridized carbons (Fsp3) is 0.250. The van der Waals surface area contributed by atoms with Gasteiger partial charge in [0.25, 0.3) is 5.91 Å². The van der Waals surface area contributed by atoms with Gasteiger partial charge in [0.05, 0.1) is 18.0 Å². The van der Waals surface area contributed by atoms with Gasteiger partial charge >= 0.3 is 0 Å². The molecule has 0 fully saturated rings. The van der Waals surface area contributed by atoms with Gasteiger partial charge in [0.15, 0.2) is 5.43 Å². The quantitative estimate of drug-likeness (QED) is 0.706. The van der Waals surface area contributed by atoms with Crippen LogP contribution in [0.15, 0.2) is 35.2 Å². The van der Waals surface area contributed by atoms with Crippen LogP contribution in [0.5, 0.6) is 0 Å². The maximum atomic E-state index is 12.8. The van der Waals surface area contributed by atoms with E-state index in [-0.39, 0.29) is 33.4 Å². The van der Waals surface area contributed by atoms with Crippen LogP contribution in [0.25, 0.3) is 22.2 Å². The molecule has 0 unspecified atom stereocenters. The monoisotopic (exact) mass is 379 g/mol. The minimum absolute atomic E-state index is 0.0318. The van der Waals surface area contributed by atoms with E-state index in [0.717, 1.165) is 12.1 Å². The lowest BCUT2D eigenvalue weighted by molar-refractivity contribution is 0.0997. The number of hydrogen-bond acceptors (Lipinski definition) is 3. The van der Waals surface area contributed by atoms with Crippen molar-refractivity contribution in [2.45, 2.75) is 32.9 Å². The maximum absolute atomic E-state index is 12.8. The largest absolute Gasteiger partial charge is 0.364 e. The highest BCUT2D eigenvalue weighted by Gasteiger charge is 2.20. The van der Waals surface area contributed by atoms with Crippen LogP contribution in [0.4, 0.5) is 0 Å². The third kappa shape index (κ3) is 3.10. The zero-order valence-corrected chi connectivity index (χ0v) is 14.3. The number of nitrogens with zero attached hydrogens (tertiary/aromatic N) is 1. The summed E-state index contributed by atoms with van der Waals surface area (Å²) in [5, 5.41) is -0.663. The number of carbonyl (C=O) groups excluding carboxylic acids is 1. The number of amides is 1. The Bertz CT molecular complexity index is 1410. The summed E-state index contributed by atoms with van der Waals surface area (Å²) in [6.45, 7) is -9.48. The van der Waals surface area contributed by atoms with E-state index in [1.807, 2.05) is 0 Å². The van der Waals surface area contributed by atoms with E-state index in [2.05, 4.69) is 9.97 Å². The highest BCUT2D eigenvalue weighted by molar-refractivity contribution is 6.31. The summed E-state index contributed by atoms with van der Waals surface area (Å²) in [4.78, 5) is 31.2. The lowest BCUT2D eigenvalue weighted by atomic mass is 9.85. The summed E-state index contributed by atoms with van der Waals surface area (Å²) in [6, 6.07) is 2.88. The SMILES string of the molecule is [2H]c1c(C)c(-c2cc(=O)c3c(C(N)=O)nccc3[nH]2)cc(Cl)c1C(C([2H])([2H])[2H])(C([2H])([2H])[2H])C([2H])([2H])[2H]. The Balaban J connectivity index is 2.43. The number of aromatic amines is 1. The summed E-state index contributed by atoms with van der Waals surface area (Å²) >= 11 is 6.35. The Kier molecular flexibility index (Phi) is 2.24. The highest BCUT2D eigenvalue weighted by Crippen LogP contribution is 2.35. The van der Waals surface area contributed by atoms with Crippen LogP contribution in [-0.4, -0.2) is 15.9 Å². The van der Waals surface area contributed by atoms with Crippen molar-refractivity contribution in [1.82, 2.24) is 9.97 Å². The van der Waals surface area contributed by atoms with Crippen molar-refractivity contribution in [3.05, 3.63) is 62.5 Å². The molecule has 134 valence electrons. The zero-order valence-electron chi connectivity index (χ0n) is 23.5. The van der Waals surface area contributed by atoms with Crippen molar-refractivity contribution in [1.29, 1.82) is 0 Å². The van der Waals surface area contributed by atoms with Gasteiger partial charge in [-0.05, 0) is 35.6 Å². The molecule has 0 spiro atoms. The normalized spacial score (nSPS) is 18.8. The second-order valence-corrected chi connectivity index (χ2v) is 6.18. The molecule has 2 aromatic heterocycles. The molecule has 0 aliphatic carbocycles. The Morgan fingerprint density at radius 1 is 1.38 bits per heavy atom. The molecule has 3 N–H and O–H groups in total. The van der Waals surface area contributed by atoms with Crippen LogP contribution in [0, 0.1) is 6.92 Å². The van der Waals surface area contributed by atoms with Crippen molar-refractivity contribution in [2.75, 3.05) is 0 Å². The van der Waals surface area contributed by atoms with Crippen LogP contribution < -0.4 is 11.2 Å². The molecule has 26 heavy (non-hydrogen) atoms. The van der Waals surface area contributed by atoms with Gasteiger partial charge in [-0.15, -0.1) is 0 Å². The molecule has 0 saturated heterocycles. The van der Waals surface area contributed by atoms with Gasteiger partial charge < -0.3 is 10.7 Å². The number of halogens is 1. The van der Waals surface area contributed by atoms with E-state index in [9.17, 15) is 9.59 Å². The summed E-state index contributed by atoms with van der Waals surface area (Å²) < 4.78 is 79.9. The molecule has 0 atom stereocenters. The van der Waals surface area contributed by atoms with Gasteiger partial charge in [0.2, 0.25) is 0 Å². The summed E-state index contributed by atoms with van der Waals surface area (Å²) in [5.41, 5.74) is 0.398. The molecule has 6 heteroatoms. The van der Waals surface area contributed by atoms with Crippen molar-refractivity contribution < 1.29 is 18.5 Å². The number of pyridine rings is 2. The topological polar surface area (TPSA) is 88.8 Å². The average Bonchev–Trinajstić information content (AvgIpc) is 2.70. The van der Waals surface area contributed by atoms with E-state index in [4.69, 9.17) is 31.0 Å². The Hall–Kier alpha value is -2.66. The van der Waals surface area contributed by atoms with Gasteiger partial charge in [0.1, 0.15) is 5.69 Å². The number of H-pyrrole nitrogens is 1. The number of rotatable bonds is 2. The van der Waals surface area contributed by atoms with E-state index in [0.29, 0.717) is 0 Å². The molecule has 1 amide bonds. The molecular formula is C20H20ClN3O2. The lowest BCUT2D eigenvalue weighted by Crippen LogP contribution is -2.17. The molecule has 0 bridgehead atoms. The average molecular weight is 380 g/mol. The van der Waals surface area contributed by atoms with Crippen molar-refractivity contribution in [3.8, 4) is 11.3 Å². The van der Waals surface area contributed by atoms with Crippen LogP contribution in [0.3, 0.4) is 0 Å². The Morgan fingerprint density at radius 3 is 2.77 bits per heavy atom. The van der Waals surface area contributed by atoms with Crippen LogP contribution in [0.1, 0.15) is 55.9 Å². The van der Waals surface area contributed by atoms with E-state index < -0.39 is 53.9 Å². The number of aromatic nitrogens is 2. The van der Waals surface area contributed by atoms with Gasteiger partial charge in [-0.25, -0.2) is 0 Å². The molecule has 0 aliphatic heterocycles. The highest BCUT2D eigenvalue weighted by atomic mass is 35.5. The number of carbonyl (C=O) groups is 1. The second-order valence-electron chi connectivity index (χ2n) is 5.77. The second kappa shape index (κ2) is 6.25. The molecule has 3 rings (SSSR count). The van der Waals surface area contributed by atoms with Crippen LogP contribution in [0.2, 0.25) is 5.02 Å². The first-order valence-corrected chi connectivity index (χ1v) is 7.77. The van der Waals surface area contributed by atoms with Gasteiger partial charge in [-0.2, -0.15) is 0 Å². The van der Waals surface area contributed by atoms with Crippen molar-refractivity contribution in [2.24, 2.45) is 5.73 Å². The molecule has 1 aromatic carbocycles. The molecule has 5 nitrogen and oxygen atoms in total. The Morgan fingerprint density at radius 2 is 2.12 bits per heavy atom. The van der Waals surface area contributed by atoms with E-state index >= 15 is 0 Å². The third-order valence-corrected chi connectivity index (χ3v) is 4.17. The smallest absolute Gasteiger partial charge is 0.268 e. The first-order valence-electron chi connectivity index (χ1n) is 12.4. The fourth-order valence-electron chi connectivity index (χ4n) is 2.71. The van der Waals surface area contributed by atoms with E-state index in [1.165, 1.54) is 19.2 Å². The minimum Gasteiger partial charge on any atom is -0.364 e. The third-order valence-electron chi connectivity index (χ3n) is 3.87. The first-order chi connectivity index (χ1) is 16.3. The van der Waals surface area contributed by atoms with Crippen molar-refractivity contribution in [3.63, 3.8) is 0 Å². The summed E-state index contributed by atoms with van der Waals surface area (Å²) in [7, 11) is 0. The van der Waals surface area contributed by atoms with E-state index in [1.54, 1.807) is 0 Å². The number of fused-ring (bicyclic) bond motifs is 1. The maximum Gasteiger partial charge on any atom is 0.268 e. The number of hydrogen-bond donors (Lipinski definition) is 2. The predicted molar refractivity (Wildman–Crippen MR) is 105 cm³/mol. The first kappa shape index (κ1) is 9.33. The zero-order chi connectivity index (χ0) is 27.6. The Labute approximate surface area is 170 Å². The standard InChI is InChI=1S/C20H20ClN3O2/c1-10-7-12(20(2,3)4)13(21)8-11(10)15-9-16(25)17-14(24-15)5-6-23-18(17)19(22)26/h5-9H,1-4H3,(H2,22,26)(H,24,25)/i2D3,3D3,4D3,7D. The number of benzene rings is 1. The molecule has 0 aliphatic rings. The summed E-state index contributed by atoms with van der Waals surface area (Å²) in [6.07, 6.45) is 1.25. The van der Waals surface area contributed by atoms with Gasteiger partial charge in [0, 0.05) is 35.2 Å². The van der Waals surface area contributed by atoms with Crippen molar-refractivity contribution >= 4 is 28.4 Å². The molecule has 3 aromatic rings. The van der Waals surface area contributed by atoms with Crippen LogP contribution in [-0.2, 0) is 5.41 Å². The molecular weight excluding hydrogens is 350 g/mol. The lowest BCUT2D eigenvalue weighted by Gasteiger charge is -2.22. The number of primary amides is 1. The molecule has 2 heterocycles. The van der Waals surface area contributed by atoms with Gasteiger partial charge in [-0.3, -0.25) is 14.6 Å². The molecule has 0 radical (unpaired) electrons.